The summed E-state index contributed by atoms with van der Waals surface area (Å²) in [6.07, 6.45) is 0.782. The van der Waals surface area contributed by atoms with Gasteiger partial charge in [-0.2, -0.15) is 0 Å². The van der Waals surface area contributed by atoms with E-state index in [1.807, 2.05) is 19.9 Å². The fourth-order valence-corrected chi connectivity index (χ4v) is 4.31. The molecule has 0 spiro atoms. The van der Waals surface area contributed by atoms with Crippen molar-refractivity contribution in [1.82, 2.24) is 0 Å². The highest BCUT2D eigenvalue weighted by molar-refractivity contribution is 7.92. The van der Waals surface area contributed by atoms with Gasteiger partial charge in [-0.3, -0.25) is 4.72 Å². The Morgan fingerprint density at radius 3 is 2.79 bits per heavy atom. The summed E-state index contributed by atoms with van der Waals surface area (Å²) in [5.41, 5.74) is 1.13. The molecule has 1 aliphatic rings. The Morgan fingerprint density at radius 2 is 2.00 bits per heavy atom. The maximum atomic E-state index is 12.9. The standard InChI is InChI=1S/C20H19NO6S/c1-3-25-19-10-14-8-12(2)26-18(14)11-16(19)21-28(23,24)15-5-6-17-13(9-15)4-7-20(22)27-17/h4-7,9-12,21H,3,8H2,1-2H3/t12-/m1/s1. The zero-order valence-corrected chi connectivity index (χ0v) is 16.2. The van der Waals surface area contributed by atoms with E-state index in [4.69, 9.17) is 13.9 Å². The Labute approximate surface area is 161 Å². The van der Waals surface area contributed by atoms with Crippen LogP contribution in [-0.4, -0.2) is 21.1 Å². The third-order valence-corrected chi connectivity index (χ3v) is 5.81. The maximum absolute atomic E-state index is 12.9. The lowest BCUT2D eigenvalue weighted by atomic mass is 10.1. The molecule has 0 aliphatic carbocycles. The molecule has 2 aromatic carbocycles. The largest absolute Gasteiger partial charge is 0.492 e. The molecule has 1 atom stereocenters. The summed E-state index contributed by atoms with van der Waals surface area (Å²) in [6.45, 7) is 4.19. The maximum Gasteiger partial charge on any atom is 0.336 e. The lowest BCUT2D eigenvalue weighted by Gasteiger charge is -2.15. The van der Waals surface area contributed by atoms with Gasteiger partial charge in [-0.1, -0.05) is 0 Å². The number of nitrogens with one attached hydrogen (secondary N) is 1. The molecule has 8 heteroatoms. The quantitative estimate of drug-likeness (QED) is 0.659. The van der Waals surface area contributed by atoms with E-state index in [0.717, 1.165) is 12.0 Å². The Hall–Kier alpha value is -3.00. The van der Waals surface area contributed by atoms with Crippen LogP contribution in [0.1, 0.15) is 19.4 Å². The van der Waals surface area contributed by atoms with Crippen molar-refractivity contribution in [2.45, 2.75) is 31.3 Å². The van der Waals surface area contributed by atoms with E-state index in [2.05, 4.69) is 4.72 Å². The van der Waals surface area contributed by atoms with Crippen molar-refractivity contribution in [3.8, 4) is 11.5 Å². The minimum absolute atomic E-state index is 0.0338. The first-order chi connectivity index (χ1) is 13.4. The van der Waals surface area contributed by atoms with Gasteiger partial charge in [0, 0.05) is 29.5 Å². The van der Waals surface area contributed by atoms with Gasteiger partial charge in [0.2, 0.25) is 0 Å². The molecule has 146 valence electrons. The lowest BCUT2D eigenvalue weighted by molar-refractivity contribution is 0.254. The van der Waals surface area contributed by atoms with Gasteiger partial charge in [-0.15, -0.1) is 0 Å². The van der Waals surface area contributed by atoms with Crippen molar-refractivity contribution in [2.24, 2.45) is 0 Å². The molecule has 0 saturated carbocycles. The van der Waals surface area contributed by atoms with Crippen molar-refractivity contribution in [3.63, 3.8) is 0 Å². The van der Waals surface area contributed by atoms with E-state index in [1.54, 1.807) is 6.07 Å². The SMILES string of the molecule is CCOc1cc2c(cc1NS(=O)(=O)c1ccc3oc(=O)ccc3c1)O[C@H](C)C2. The summed E-state index contributed by atoms with van der Waals surface area (Å²) >= 11 is 0. The van der Waals surface area contributed by atoms with Gasteiger partial charge in [-0.05, 0) is 44.2 Å². The van der Waals surface area contributed by atoms with Crippen molar-refractivity contribution in [1.29, 1.82) is 0 Å². The van der Waals surface area contributed by atoms with Gasteiger partial charge in [0.25, 0.3) is 10.0 Å². The predicted octanol–water partition coefficient (Wildman–Crippen LogP) is 3.32. The molecule has 3 aromatic rings. The number of fused-ring (bicyclic) bond motifs is 2. The van der Waals surface area contributed by atoms with Crippen LogP contribution in [0, 0.1) is 0 Å². The van der Waals surface area contributed by atoms with Crippen LogP contribution in [0.4, 0.5) is 5.69 Å². The molecule has 4 rings (SSSR count). The van der Waals surface area contributed by atoms with Gasteiger partial charge in [0.1, 0.15) is 23.2 Å². The van der Waals surface area contributed by atoms with Crippen LogP contribution in [0.2, 0.25) is 0 Å². The van der Waals surface area contributed by atoms with Crippen LogP contribution in [0.3, 0.4) is 0 Å². The number of sulfonamides is 1. The van der Waals surface area contributed by atoms with Gasteiger partial charge in [0.05, 0.1) is 17.2 Å². The zero-order valence-electron chi connectivity index (χ0n) is 15.4. The highest BCUT2D eigenvalue weighted by Gasteiger charge is 2.24. The molecule has 0 amide bonds. The molecule has 28 heavy (non-hydrogen) atoms. The van der Waals surface area contributed by atoms with E-state index in [-0.39, 0.29) is 11.0 Å². The van der Waals surface area contributed by atoms with Crippen LogP contribution in [0.15, 0.2) is 56.6 Å². The average molecular weight is 401 g/mol. The third kappa shape index (κ3) is 3.43. The Bertz CT molecular complexity index is 1220. The lowest BCUT2D eigenvalue weighted by Crippen LogP contribution is -2.14. The van der Waals surface area contributed by atoms with Crippen LogP contribution in [0.5, 0.6) is 11.5 Å². The Kier molecular flexibility index (Phi) is 4.50. The normalized spacial score (nSPS) is 15.9. The van der Waals surface area contributed by atoms with E-state index < -0.39 is 15.6 Å². The number of benzene rings is 2. The summed E-state index contributed by atoms with van der Waals surface area (Å²) in [6, 6.07) is 10.5. The van der Waals surface area contributed by atoms with Crippen molar-refractivity contribution < 1.29 is 22.3 Å². The van der Waals surface area contributed by atoms with Gasteiger partial charge in [0.15, 0.2) is 0 Å². The molecule has 0 bridgehead atoms. The molecular weight excluding hydrogens is 382 g/mol. The fraction of sp³-hybridized carbons (Fsp3) is 0.250. The Morgan fingerprint density at radius 1 is 1.18 bits per heavy atom. The number of anilines is 1. The molecule has 7 nitrogen and oxygen atoms in total. The molecule has 1 aromatic heterocycles. The summed E-state index contributed by atoms with van der Waals surface area (Å²) in [4.78, 5) is 11.3. The van der Waals surface area contributed by atoms with E-state index >= 15 is 0 Å². The minimum Gasteiger partial charge on any atom is -0.492 e. The second-order valence-electron chi connectivity index (χ2n) is 6.58. The number of rotatable bonds is 5. The van der Waals surface area contributed by atoms with E-state index in [9.17, 15) is 13.2 Å². The number of ether oxygens (including phenoxy) is 2. The molecule has 1 aliphatic heterocycles. The van der Waals surface area contributed by atoms with Crippen LogP contribution < -0.4 is 19.8 Å². The molecule has 0 radical (unpaired) electrons. The molecule has 2 heterocycles. The van der Waals surface area contributed by atoms with Crippen LogP contribution in [0.25, 0.3) is 11.0 Å². The van der Waals surface area contributed by atoms with Crippen molar-refractivity contribution in [3.05, 3.63) is 58.4 Å². The summed E-state index contributed by atoms with van der Waals surface area (Å²) < 4.78 is 44.9. The van der Waals surface area contributed by atoms with Gasteiger partial charge in [-0.25, -0.2) is 13.2 Å². The van der Waals surface area contributed by atoms with Gasteiger partial charge >= 0.3 is 5.63 Å². The number of hydrogen-bond donors (Lipinski definition) is 1. The van der Waals surface area contributed by atoms with E-state index in [0.29, 0.717) is 34.8 Å². The topological polar surface area (TPSA) is 94.8 Å². The summed E-state index contributed by atoms with van der Waals surface area (Å²) in [5.74, 6) is 1.10. The first-order valence-corrected chi connectivity index (χ1v) is 10.4. The number of hydrogen-bond acceptors (Lipinski definition) is 6. The van der Waals surface area contributed by atoms with Crippen LogP contribution >= 0.6 is 0 Å². The Balaban J connectivity index is 1.72. The second-order valence-corrected chi connectivity index (χ2v) is 8.26. The van der Waals surface area contributed by atoms with Crippen LogP contribution in [-0.2, 0) is 16.4 Å². The molecule has 0 fully saturated rings. The molecule has 0 unspecified atom stereocenters. The summed E-state index contributed by atoms with van der Waals surface area (Å²) in [5, 5.41) is 0.513. The fourth-order valence-electron chi connectivity index (χ4n) is 3.21. The summed E-state index contributed by atoms with van der Waals surface area (Å²) in [7, 11) is -3.89. The van der Waals surface area contributed by atoms with E-state index in [1.165, 1.54) is 30.3 Å². The first kappa shape index (κ1) is 18.4. The van der Waals surface area contributed by atoms with Crippen molar-refractivity contribution >= 4 is 26.7 Å². The molecular formula is C20H19NO6S. The highest BCUT2D eigenvalue weighted by atomic mass is 32.2. The monoisotopic (exact) mass is 401 g/mol. The zero-order chi connectivity index (χ0) is 19.9. The van der Waals surface area contributed by atoms with Gasteiger partial charge < -0.3 is 13.9 Å². The first-order valence-electron chi connectivity index (χ1n) is 8.89. The molecule has 1 N–H and O–H groups in total. The third-order valence-electron chi connectivity index (χ3n) is 4.44. The van der Waals surface area contributed by atoms with Crippen molar-refractivity contribution in [2.75, 3.05) is 11.3 Å². The molecule has 0 saturated heterocycles. The smallest absolute Gasteiger partial charge is 0.336 e. The second kappa shape index (κ2) is 6.87. The minimum atomic E-state index is -3.89. The average Bonchev–Trinajstić information content (AvgIpc) is 3.00. The highest BCUT2D eigenvalue weighted by Crippen LogP contribution is 2.39. The predicted molar refractivity (Wildman–Crippen MR) is 105 cm³/mol.